The fourth-order valence-corrected chi connectivity index (χ4v) is 1.56. The van der Waals surface area contributed by atoms with Crippen LogP contribution in [0, 0.1) is 0 Å². The number of hydrogen-bond acceptors (Lipinski definition) is 4. The molecule has 0 saturated carbocycles. The Hall–Kier alpha value is -2.44. The third-order valence-corrected chi connectivity index (χ3v) is 3.10. The monoisotopic (exact) mass is 280 g/mol. The minimum absolute atomic E-state index is 0.0548. The number of benzene rings is 1. The summed E-state index contributed by atoms with van der Waals surface area (Å²) in [7, 11) is 1.55. The summed E-state index contributed by atoms with van der Waals surface area (Å²) < 4.78 is 5.07. The topological polar surface area (TPSA) is 109 Å². The first-order valence-corrected chi connectivity index (χ1v) is 6.16. The summed E-state index contributed by atoms with van der Waals surface area (Å²) >= 11 is 0. The summed E-state index contributed by atoms with van der Waals surface area (Å²) in [6.07, 6.45) is 0.481. The van der Waals surface area contributed by atoms with E-state index in [0.717, 1.165) is 0 Å². The number of nitrogens with one attached hydrogen (secondary N) is 2. The number of oxime groups is 1. The van der Waals surface area contributed by atoms with Crippen molar-refractivity contribution in [3.8, 4) is 5.75 Å². The number of urea groups is 1. The number of nitrogens with zero attached hydrogens (tertiary/aromatic N) is 1. The Morgan fingerprint density at radius 3 is 2.80 bits per heavy atom. The number of nitrogens with two attached hydrogens (primary N) is 1. The zero-order chi connectivity index (χ0) is 15.2. The predicted molar refractivity (Wildman–Crippen MR) is 77.3 cm³/mol. The molecule has 1 aromatic carbocycles. The van der Waals surface area contributed by atoms with E-state index in [1.807, 2.05) is 6.92 Å². The number of hydrogen-bond donors (Lipinski definition) is 4. The fraction of sp³-hybridized carbons (Fsp3) is 0.385. The smallest absolute Gasteiger partial charge is 0.320 e. The van der Waals surface area contributed by atoms with Gasteiger partial charge in [0.05, 0.1) is 12.6 Å². The molecule has 1 rings (SSSR count). The molecule has 7 heteroatoms. The van der Waals surface area contributed by atoms with Crippen molar-refractivity contribution in [3.63, 3.8) is 0 Å². The molecular formula is C13H20N4O3. The van der Waals surface area contributed by atoms with Gasteiger partial charge in [0.2, 0.25) is 0 Å². The van der Waals surface area contributed by atoms with Gasteiger partial charge in [0.1, 0.15) is 5.75 Å². The van der Waals surface area contributed by atoms with Crippen LogP contribution in [0.4, 0.5) is 10.5 Å². The van der Waals surface area contributed by atoms with Crippen molar-refractivity contribution >= 4 is 17.6 Å². The molecule has 20 heavy (non-hydrogen) atoms. The number of amidine groups is 1. The molecule has 1 unspecified atom stereocenters. The lowest BCUT2D eigenvalue weighted by Gasteiger charge is -2.28. The zero-order valence-corrected chi connectivity index (χ0v) is 11.8. The molecule has 0 aromatic heterocycles. The number of carbonyl (C=O) groups excluding carboxylic acids is 1. The lowest BCUT2D eigenvalue weighted by molar-refractivity contribution is 0.244. The van der Waals surface area contributed by atoms with E-state index in [2.05, 4.69) is 15.8 Å². The average Bonchev–Trinajstić information content (AvgIpc) is 2.46. The highest BCUT2D eigenvalue weighted by atomic mass is 16.5. The molecule has 0 radical (unpaired) electrons. The van der Waals surface area contributed by atoms with E-state index >= 15 is 0 Å². The fourth-order valence-electron chi connectivity index (χ4n) is 1.56. The summed E-state index contributed by atoms with van der Waals surface area (Å²) in [5.74, 6) is 0.582. The van der Waals surface area contributed by atoms with Crippen LogP contribution in [0.1, 0.15) is 20.3 Å². The summed E-state index contributed by atoms with van der Waals surface area (Å²) in [6, 6.07) is 6.50. The summed E-state index contributed by atoms with van der Waals surface area (Å²) in [5, 5.41) is 17.0. The predicted octanol–water partition coefficient (Wildman–Crippen LogP) is 1.73. The lowest BCUT2D eigenvalue weighted by Crippen LogP contribution is -2.56. The van der Waals surface area contributed by atoms with E-state index in [0.29, 0.717) is 17.9 Å². The van der Waals surface area contributed by atoms with E-state index in [4.69, 9.17) is 15.7 Å². The molecule has 1 aromatic rings. The highest BCUT2D eigenvalue weighted by molar-refractivity contribution is 5.97. The first-order chi connectivity index (χ1) is 9.45. The van der Waals surface area contributed by atoms with E-state index in [9.17, 15) is 4.79 Å². The van der Waals surface area contributed by atoms with Gasteiger partial charge in [-0.05, 0) is 25.5 Å². The average molecular weight is 280 g/mol. The molecule has 0 bridgehead atoms. The number of methoxy groups -OCH3 is 1. The molecule has 1 atom stereocenters. The standard InChI is InChI=1S/C13H20N4O3/c1-4-13(2,11(14)17-19)16-12(18)15-9-6-5-7-10(8-9)20-3/h5-8,19H,4H2,1-3H3,(H2,14,17)(H2,15,16,18). The van der Waals surface area contributed by atoms with Crippen LogP contribution in [0.2, 0.25) is 0 Å². The maximum atomic E-state index is 12.0. The van der Waals surface area contributed by atoms with Crippen LogP contribution in [0.15, 0.2) is 29.4 Å². The second-order valence-electron chi connectivity index (χ2n) is 4.48. The van der Waals surface area contributed by atoms with Gasteiger partial charge in [0, 0.05) is 11.8 Å². The van der Waals surface area contributed by atoms with Gasteiger partial charge in [-0.15, -0.1) is 0 Å². The van der Waals surface area contributed by atoms with Crippen molar-refractivity contribution in [2.75, 3.05) is 12.4 Å². The van der Waals surface area contributed by atoms with Gasteiger partial charge < -0.3 is 26.3 Å². The van der Waals surface area contributed by atoms with Gasteiger partial charge in [-0.25, -0.2) is 4.79 Å². The number of anilines is 1. The van der Waals surface area contributed by atoms with Gasteiger partial charge in [-0.2, -0.15) is 0 Å². The molecule has 0 aliphatic heterocycles. The van der Waals surface area contributed by atoms with Crippen LogP contribution >= 0.6 is 0 Å². The summed E-state index contributed by atoms with van der Waals surface area (Å²) in [4.78, 5) is 12.0. The molecule has 0 fully saturated rings. The summed E-state index contributed by atoms with van der Waals surface area (Å²) in [6.45, 7) is 3.50. The van der Waals surface area contributed by atoms with Gasteiger partial charge in [0.15, 0.2) is 5.84 Å². The van der Waals surface area contributed by atoms with Crippen LogP contribution in [0.5, 0.6) is 5.75 Å². The number of amides is 2. The van der Waals surface area contributed by atoms with Gasteiger partial charge in [0.25, 0.3) is 0 Å². The van der Waals surface area contributed by atoms with Crippen molar-refractivity contribution in [1.29, 1.82) is 0 Å². The van der Waals surface area contributed by atoms with Crippen LogP contribution in [-0.2, 0) is 0 Å². The molecule has 110 valence electrons. The highest BCUT2D eigenvalue weighted by Crippen LogP contribution is 2.17. The highest BCUT2D eigenvalue weighted by Gasteiger charge is 2.29. The van der Waals surface area contributed by atoms with E-state index < -0.39 is 11.6 Å². The van der Waals surface area contributed by atoms with Crippen LogP contribution in [0.25, 0.3) is 0 Å². The maximum Gasteiger partial charge on any atom is 0.320 e. The molecule has 5 N–H and O–H groups in total. The Balaban J connectivity index is 2.76. The molecular weight excluding hydrogens is 260 g/mol. The van der Waals surface area contributed by atoms with E-state index in [1.54, 1.807) is 38.3 Å². The summed E-state index contributed by atoms with van der Waals surface area (Å²) in [5.41, 5.74) is 5.25. The van der Waals surface area contributed by atoms with Crippen molar-refractivity contribution in [2.45, 2.75) is 25.8 Å². The molecule has 0 heterocycles. The van der Waals surface area contributed by atoms with Crippen LogP contribution in [0.3, 0.4) is 0 Å². The first-order valence-electron chi connectivity index (χ1n) is 6.16. The Bertz CT molecular complexity index is 504. The molecule has 0 spiro atoms. The Kier molecular flexibility index (Phi) is 5.19. The van der Waals surface area contributed by atoms with Crippen molar-refractivity contribution < 1.29 is 14.7 Å². The first kappa shape index (κ1) is 15.6. The number of ether oxygens (including phenoxy) is 1. The third kappa shape index (κ3) is 3.78. The quantitative estimate of drug-likeness (QED) is 0.285. The van der Waals surface area contributed by atoms with Crippen LogP contribution < -0.4 is 21.1 Å². The second-order valence-corrected chi connectivity index (χ2v) is 4.48. The second kappa shape index (κ2) is 6.65. The maximum absolute atomic E-state index is 12.0. The van der Waals surface area contributed by atoms with Crippen molar-refractivity contribution in [2.24, 2.45) is 10.9 Å². The van der Waals surface area contributed by atoms with Gasteiger partial charge >= 0.3 is 6.03 Å². The van der Waals surface area contributed by atoms with Gasteiger partial charge in [-0.3, -0.25) is 0 Å². The Morgan fingerprint density at radius 1 is 1.55 bits per heavy atom. The third-order valence-electron chi connectivity index (χ3n) is 3.10. The Labute approximate surface area is 117 Å². The molecule has 0 saturated heterocycles. The molecule has 0 aliphatic carbocycles. The number of rotatable bonds is 5. The van der Waals surface area contributed by atoms with Gasteiger partial charge in [-0.1, -0.05) is 18.1 Å². The molecule has 0 aliphatic rings. The lowest BCUT2D eigenvalue weighted by atomic mass is 9.98. The minimum Gasteiger partial charge on any atom is -0.497 e. The minimum atomic E-state index is -0.919. The van der Waals surface area contributed by atoms with E-state index in [1.165, 1.54) is 0 Å². The van der Waals surface area contributed by atoms with Crippen molar-refractivity contribution in [1.82, 2.24) is 5.32 Å². The molecule has 7 nitrogen and oxygen atoms in total. The van der Waals surface area contributed by atoms with Crippen LogP contribution in [-0.4, -0.2) is 29.7 Å². The normalized spacial score (nSPS) is 14.2. The van der Waals surface area contributed by atoms with Crippen molar-refractivity contribution in [3.05, 3.63) is 24.3 Å². The Morgan fingerprint density at radius 2 is 2.25 bits per heavy atom. The zero-order valence-electron chi connectivity index (χ0n) is 11.8. The SMILES string of the molecule is CCC(C)(NC(=O)Nc1cccc(OC)c1)/C(N)=N/O. The number of carbonyl (C=O) groups is 1. The largest absolute Gasteiger partial charge is 0.497 e. The molecule has 2 amide bonds. The van der Waals surface area contributed by atoms with E-state index in [-0.39, 0.29) is 5.84 Å².